The molecule has 2 N–H and O–H groups in total. The molecular formula is C24H24N6O2. The molecule has 8 nitrogen and oxygen atoms in total. The second kappa shape index (κ2) is 9.15. The summed E-state index contributed by atoms with van der Waals surface area (Å²) in [4.78, 5) is 32.0. The number of fused-ring (bicyclic) bond motifs is 1. The summed E-state index contributed by atoms with van der Waals surface area (Å²) in [6.45, 7) is 3.22. The van der Waals surface area contributed by atoms with Crippen molar-refractivity contribution >= 4 is 22.8 Å². The van der Waals surface area contributed by atoms with Crippen LogP contribution < -0.4 is 10.2 Å². The fourth-order valence-electron chi connectivity index (χ4n) is 3.90. The van der Waals surface area contributed by atoms with Crippen LogP contribution in [-0.2, 0) is 11.2 Å². The zero-order valence-electron chi connectivity index (χ0n) is 17.6. The fraction of sp³-hybridized carbons (Fsp3) is 0.250. The topological polar surface area (TPSA) is 96.0 Å². The molecule has 8 heteroatoms. The first-order chi connectivity index (χ1) is 15.8. The first-order valence-corrected chi connectivity index (χ1v) is 10.7. The molecule has 0 spiro atoms. The molecule has 1 saturated heterocycles. The quantitative estimate of drug-likeness (QED) is 0.490. The lowest BCUT2D eigenvalue weighted by molar-refractivity contribution is 0.0954. The average molecular weight is 428 g/mol. The monoisotopic (exact) mass is 428 g/mol. The molecule has 4 heterocycles. The maximum Gasteiger partial charge on any atom is 0.255 e. The van der Waals surface area contributed by atoms with Crippen molar-refractivity contribution in [2.45, 2.75) is 6.42 Å². The Kier molecular flexibility index (Phi) is 5.76. The molecule has 1 aliphatic heterocycles. The number of benzene rings is 1. The van der Waals surface area contributed by atoms with Crippen LogP contribution >= 0.6 is 0 Å². The maximum absolute atomic E-state index is 13.1. The van der Waals surface area contributed by atoms with Crippen LogP contribution in [-0.4, -0.2) is 58.7 Å². The summed E-state index contributed by atoms with van der Waals surface area (Å²) in [5.41, 5.74) is 3.86. The Morgan fingerprint density at radius 1 is 1.09 bits per heavy atom. The van der Waals surface area contributed by atoms with Gasteiger partial charge in [-0.1, -0.05) is 24.3 Å². The number of rotatable bonds is 6. The van der Waals surface area contributed by atoms with Gasteiger partial charge in [-0.15, -0.1) is 0 Å². The van der Waals surface area contributed by atoms with E-state index >= 15 is 0 Å². The number of nitrogens with zero attached hydrogens (tertiary/aromatic N) is 4. The number of aromatic amines is 1. The van der Waals surface area contributed by atoms with E-state index < -0.39 is 0 Å². The Hall–Kier alpha value is -3.78. The molecule has 0 saturated carbocycles. The number of ether oxygens (including phenoxy) is 1. The van der Waals surface area contributed by atoms with Gasteiger partial charge in [0.15, 0.2) is 0 Å². The van der Waals surface area contributed by atoms with Gasteiger partial charge in [-0.3, -0.25) is 9.78 Å². The Labute approximate surface area is 185 Å². The number of aromatic nitrogens is 4. The largest absolute Gasteiger partial charge is 0.378 e. The third-order valence-corrected chi connectivity index (χ3v) is 5.58. The van der Waals surface area contributed by atoms with E-state index in [1.807, 2.05) is 42.6 Å². The minimum Gasteiger partial charge on any atom is -0.378 e. The van der Waals surface area contributed by atoms with Crippen LogP contribution in [0.15, 0.2) is 61.1 Å². The molecule has 5 rings (SSSR count). The number of nitrogens with one attached hydrogen (secondary N) is 2. The van der Waals surface area contributed by atoms with E-state index in [0.717, 1.165) is 25.0 Å². The van der Waals surface area contributed by atoms with Crippen molar-refractivity contribution in [3.05, 3.63) is 72.2 Å². The van der Waals surface area contributed by atoms with Gasteiger partial charge < -0.3 is 19.9 Å². The van der Waals surface area contributed by atoms with Crippen LogP contribution in [0.25, 0.3) is 22.3 Å². The lowest BCUT2D eigenvalue weighted by Crippen LogP contribution is -2.37. The van der Waals surface area contributed by atoms with E-state index in [9.17, 15) is 4.79 Å². The van der Waals surface area contributed by atoms with Crippen molar-refractivity contribution in [3.8, 4) is 11.4 Å². The molecule has 0 bridgehead atoms. The fourth-order valence-corrected chi connectivity index (χ4v) is 3.90. The SMILES string of the molecule is O=C(NCCc1c[nH]c2ccccc12)c1cnc(N2CCOCC2)nc1-c1ccccn1. The maximum atomic E-state index is 13.1. The molecular weight excluding hydrogens is 404 g/mol. The molecule has 0 aliphatic carbocycles. The van der Waals surface area contributed by atoms with Crippen LogP contribution in [0.5, 0.6) is 0 Å². The summed E-state index contributed by atoms with van der Waals surface area (Å²) in [5.74, 6) is 0.378. The van der Waals surface area contributed by atoms with Crippen LogP contribution in [0, 0.1) is 0 Å². The summed E-state index contributed by atoms with van der Waals surface area (Å²) in [5, 5.41) is 4.19. The first-order valence-electron chi connectivity index (χ1n) is 10.7. The van der Waals surface area contributed by atoms with Gasteiger partial charge >= 0.3 is 0 Å². The summed E-state index contributed by atoms with van der Waals surface area (Å²) in [6, 6.07) is 13.7. The molecule has 1 aliphatic rings. The van der Waals surface area contributed by atoms with Gasteiger partial charge in [-0.25, -0.2) is 9.97 Å². The van der Waals surface area contributed by atoms with E-state index in [4.69, 9.17) is 9.72 Å². The number of amides is 1. The molecule has 1 amide bonds. The smallest absolute Gasteiger partial charge is 0.255 e. The normalized spacial score (nSPS) is 13.9. The van der Waals surface area contributed by atoms with Crippen LogP contribution in [0.3, 0.4) is 0 Å². The molecule has 3 aromatic heterocycles. The van der Waals surface area contributed by atoms with Crippen LogP contribution in [0.1, 0.15) is 15.9 Å². The lowest BCUT2D eigenvalue weighted by atomic mass is 10.1. The minimum absolute atomic E-state index is 0.209. The van der Waals surface area contributed by atoms with Gasteiger partial charge in [0, 0.05) is 49.1 Å². The highest BCUT2D eigenvalue weighted by Crippen LogP contribution is 2.22. The highest BCUT2D eigenvalue weighted by Gasteiger charge is 2.20. The van der Waals surface area contributed by atoms with Gasteiger partial charge in [-0.05, 0) is 30.2 Å². The zero-order chi connectivity index (χ0) is 21.8. The third-order valence-electron chi connectivity index (χ3n) is 5.58. The van der Waals surface area contributed by atoms with Gasteiger partial charge in [0.2, 0.25) is 5.95 Å². The van der Waals surface area contributed by atoms with E-state index in [0.29, 0.717) is 42.7 Å². The van der Waals surface area contributed by atoms with Crippen molar-refractivity contribution in [3.63, 3.8) is 0 Å². The molecule has 0 radical (unpaired) electrons. The number of morpholine rings is 1. The highest BCUT2D eigenvalue weighted by atomic mass is 16.5. The van der Waals surface area contributed by atoms with Crippen molar-refractivity contribution in [1.82, 2.24) is 25.3 Å². The number of para-hydroxylation sites is 1. The highest BCUT2D eigenvalue weighted by molar-refractivity contribution is 5.99. The number of hydrogen-bond acceptors (Lipinski definition) is 6. The Morgan fingerprint density at radius 3 is 2.78 bits per heavy atom. The van der Waals surface area contributed by atoms with Gasteiger partial charge in [-0.2, -0.15) is 0 Å². The molecule has 4 aromatic rings. The van der Waals surface area contributed by atoms with Crippen molar-refractivity contribution in [2.75, 3.05) is 37.7 Å². The Morgan fingerprint density at radius 2 is 1.94 bits per heavy atom. The second-order valence-corrected chi connectivity index (χ2v) is 7.61. The Bertz CT molecular complexity index is 1220. The summed E-state index contributed by atoms with van der Waals surface area (Å²) in [7, 11) is 0. The molecule has 162 valence electrons. The summed E-state index contributed by atoms with van der Waals surface area (Å²) >= 11 is 0. The van der Waals surface area contributed by atoms with Crippen molar-refractivity contribution in [2.24, 2.45) is 0 Å². The van der Waals surface area contributed by atoms with Crippen LogP contribution in [0.2, 0.25) is 0 Å². The third kappa shape index (κ3) is 4.17. The summed E-state index contributed by atoms with van der Waals surface area (Å²) < 4.78 is 5.42. The second-order valence-electron chi connectivity index (χ2n) is 7.61. The predicted octanol–water partition coefficient (Wildman–Crippen LogP) is 2.83. The number of carbonyl (C=O) groups excluding carboxylic acids is 1. The first kappa shape index (κ1) is 20.1. The van der Waals surface area contributed by atoms with E-state index in [1.165, 1.54) is 10.9 Å². The van der Waals surface area contributed by atoms with Gasteiger partial charge in [0.25, 0.3) is 5.91 Å². The number of pyridine rings is 1. The molecule has 0 unspecified atom stereocenters. The molecule has 0 atom stereocenters. The van der Waals surface area contributed by atoms with E-state index in [-0.39, 0.29) is 5.91 Å². The van der Waals surface area contributed by atoms with Gasteiger partial charge in [0.1, 0.15) is 5.69 Å². The number of carbonyl (C=O) groups is 1. The lowest BCUT2D eigenvalue weighted by Gasteiger charge is -2.27. The van der Waals surface area contributed by atoms with E-state index in [2.05, 4.69) is 31.2 Å². The predicted molar refractivity (Wildman–Crippen MR) is 123 cm³/mol. The number of hydrogen-bond donors (Lipinski definition) is 2. The minimum atomic E-state index is -0.209. The van der Waals surface area contributed by atoms with E-state index in [1.54, 1.807) is 12.4 Å². The molecule has 1 fully saturated rings. The Balaban J connectivity index is 1.36. The van der Waals surface area contributed by atoms with Crippen molar-refractivity contribution < 1.29 is 9.53 Å². The van der Waals surface area contributed by atoms with Crippen LogP contribution in [0.4, 0.5) is 5.95 Å². The van der Waals surface area contributed by atoms with Gasteiger partial charge in [0.05, 0.1) is 24.5 Å². The number of H-pyrrole nitrogens is 1. The zero-order valence-corrected chi connectivity index (χ0v) is 17.6. The summed E-state index contributed by atoms with van der Waals surface area (Å²) in [6.07, 6.45) is 6.02. The standard InChI is InChI=1S/C24H24N6O2/c31-23(26-10-8-17-15-27-20-6-2-1-5-18(17)20)19-16-28-24(30-11-13-32-14-12-30)29-22(19)21-7-3-4-9-25-21/h1-7,9,15-16,27H,8,10-14H2,(H,26,31). The number of anilines is 1. The molecule has 32 heavy (non-hydrogen) atoms. The molecule has 1 aromatic carbocycles. The van der Waals surface area contributed by atoms with Crippen molar-refractivity contribution in [1.29, 1.82) is 0 Å². The average Bonchev–Trinajstić information content (AvgIpc) is 3.28.